The topological polar surface area (TPSA) is 79.4 Å². The van der Waals surface area contributed by atoms with Crippen LogP contribution < -0.4 is 4.74 Å². The van der Waals surface area contributed by atoms with Gasteiger partial charge in [-0.1, -0.05) is 12.1 Å². The zero-order valence-electron chi connectivity index (χ0n) is 12.2. The van der Waals surface area contributed by atoms with E-state index in [0.29, 0.717) is 12.1 Å². The molecule has 3 rings (SSSR count). The minimum Gasteiger partial charge on any atom is -0.443 e. The van der Waals surface area contributed by atoms with E-state index in [1.165, 1.54) is 22.9 Å². The molecule has 10 heteroatoms. The van der Waals surface area contributed by atoms with Gasteiger partial charge in [0, 0.05) is 4.98 Å². The molecule has 1 aromatic heterocycles. The standard InChI is InChI=1S/C14H12F3N3O4/c15-14(16,17)10-3-1-9(2-4-10)7-23-11-5-19-6-12(20(21)22)18-13(19)24-8-11/h1-4,6,11H,5,7-8H2/t11-/m1/s1. The molecule has 0 bridgehead atoms. The van der Waals surface area contributed by atoms with Gasteiger partial charge in [-0.25, -0.2) is 0 Å². The third-order valence-corrected chi connectivity index (χ3v) is 3.48. The van der Waals surface area contributed by atoms with E-state index in [9.17, 15) is 23.3 Å². The van der Waals surface area contributed by atoms with Crippen molar-refractivity contribution in [3.05, 3.63) is 51.7 Å². The molecule has 0 saturated heterocycles. The van der Waals surface area contributed by atoms with E-state index in [4.69, 9.17) is 9.47 Å². The minimum atomic E-state index is -4.37. The fraction of sp³-hybridized carbons (Fsp3) is 0.357. The normalized spacial score (nSPS) is 17.2. The monoisotopic (exact) mass is 343 g/mol. The highest BCUT2D eigenvalue weighted by Gasteiger charge is 2.30. The second-order valence-corrected chi connectivity index (χ2v) is 5.23. The average molecular weight is 343 g/mol. The van der Waals surface area contributed by atoms with Crippen LogP contribution in [-0.2, 0) is 24.1 Å². The van der Waals surface area contributed by atoms with Crippen molar-refractivity contribution in [2.24, 2.45) is 0 Å². The lowest BCUT2D eigenvalue weighted by atomic mass is 10.1. The summed E-state index contributed by atoms with van der Waals surface area (Å²) in [4.78, 5) is 13.8. The van der Waals surface area contributed by atoms with Gasteiger partial charge in [-0.15, -0.1) is 0 Å². The van der Waals surface area contributed by atoms with Crippen molar-refractivity contribution >= 4 is 5.82 Å². The van der Waals surface area contributed by atoms with Gasteiger partial charge in [-0.2, -0.15) is 13.2 Å². The largest absolute Gasteiger partial charge is 0.443 e. The van der Waals surface area contributed by atoms with Crippen molar-refractivity contribution in [3.8, 4) is 6.01 Å². The SMILES string of the molecule is O=[N+]([O-])c1cn2c(n1)OC[C@H](OCc1ccc(C(F)(F)F)cc1)C2. The van der Waals surface area contributed by atoms with Crippen LogP contribution in [0.15, 0.2) is 30.5 Å². The first-order valence-electron chi connectivity index (χ1n) is 6.95. The number of nitro groups is 1. The summed E-state index contributed by atoms with van der Waals surface area (Å²) < 4.78 is 49.8. The molecule has 0 spiro atoms. The molecule has 1 atom stereocenters. The third-order valence-electron chi connectivity index (χ3n) is 3.48. The Hall–Kier alpha value is -2.62. The number of hydrogen-bond donors (Lipinski definition) is 0. The Morgan fingerprint density at radius 1 is 1.38 bits per heavy atom. The molecule has 0 unspecified atom stereocenters. The van der Waals surface area contributed by atoms with E-state index in [1.54, 1.807) is 0 Å². The summed E-state index contributed by atoms with van der Waals surface area (Å²) >= 11 is 0. The Bertz CT molecular complexity index is 743. The highest BCUT2D eigenvalue weighted by Crippen LogP contribution is 2.29. The van der Waals surface area contributed by atoms with Crippen LogP contribution in [0.2, 0.25) is 0 Å². The van der Waals surface area contributed by atoms with Crippen LogP contribution >= 0.6 is 0 Å². The lowest BCUT2D eigenvalue weighted by molar-refractivity contribution is -0.389. The first kappa shape index (κ1) is 16.2. The van der Waals surface area contributed by atoms with Crippen LogP contribution in [0.3, 0.4) is 0 Å². The summed E-state index contributed by atoms with van der Waals surface area (Å²) in [6.07, 6.45) is -3.50. The van der Waals surface area contributed by atoms with Crippen LogP contribution in [0, 0.1) is 10.1 Å². The molecule has 2 heterocycles. The molecule has 0 amide bonds. The summed E-state index contributed by atoms with van der Waals surface area (Å²) in [5.41, 5.74) is -0.131. The quantitative estimate of drug-likeness (QED) is 0.630. The lowest BCUT2D eigenvalue weighted by Gasteiger charge is -2.22. The summed E-state index contributed by atoms with van der Waals surface area (Å²) in [6.45, 7) is 0.587. The molecule has 0 radical (unpaired) electrons. The molecule has 0 saturated carbocycles. The highest BCUT2D eigenvalue weighted by atomic mass is 19.4. The maximum absolute atomic E-state index is 12.5. The highest BCUT2D eigenvalue weighted by molar-refractivity contribution is 5.24. The summed E-state index contributed by atoms with van der Waals surface area (Å²) in [7, 11) is 0. The van der Waals surface area contributed by atoms with Crippen molar-refractivity contribution in [2.45, 2.75) is 25.4 Å². The number of hydrogen-bond acceptors (Lipinski definition) is 5. The number of ether oxygens (including phenoxy) is 2. The lowest BCUT2D eigenvalue weighted by Crippen LogP contribution is -2.32. The zero-order valence-corrected chi connectivity index (χ0v) is 12.2. The van der Waals surface area contributed by atoms with Crippen LogP contribution in [-0.4, -0.2) is 27.2 Å². The Morgan fingerprint density at radius 2 is 2.08 bits per heavy atom. The molecular weight excluding hydrogens is 331 g/mol. The second-order valence-electron chi connectivity index (χ2n) is 5.23. The van der Waals surface area contributed by atoms with E-state index in [2.05, 4.69) is 4.98 Å². The Balaban J connectivity index is 1.58. The number of imidazole rings is 1. The summed E-state index contributed by atoms with van der Waals surface area (Å²) in [5, 5.41) is 10.7. The number of alkyl halides is 3. The van der Waals surface area contributed by atoms with Gasteiger partial charge in [0.1, 0.15) is 18.9 Å². The van der Waals surface area contributed by atoms with Gasteiger partial charge < -0.3 is 19.6 Å². The van der Waals surface area contributed by atoms with Gasteiger partial charge >= 0.3 is 18.0 Å². The molecule has 24 heavy (non-hydrogen) atoms. The Morgan fingerprint density at radius 3 is 2.71 bits per heavy atom. The fourth-order valence-electron chi connectivity index (χ4n) is 2.26. The van der Waals surface area contributed by atoms with E-state index >= 15 is 0 Å². The van der Waals surface area contributed by atoms with Crippen molar-refractivity contribution in [1.29, 1.82) is 0 Å². The van der Waals surface area contributed by atoms with E-state index in [-0.39, 0.29) is 31.1 Å². The molecule has 1 aliphatic heterocycles. The van der Waals surface area contributed by atoms with Crippen LogP contribution in [0.5, 0.6) is 6.01 Å². The number of fused-ring (bicyclic) bond motifs is 1. The number of nitrogens with zero attached hydrogens (tertiary/aromatic N) is 3. The third kappa shape index (κ3) is 3.48. The summed E-state index contributed by atoms with van der Waals surface area (Å²) in [5.74, 6) is -0.312. The Kier molecular flexibility index (Phi) is 4.14. The van der Waals surface area contributed by atoms with Gasteiger partial charge in [0.25, 0.3) is 0 Å². The van der Waals surface area contributed by atoms with E-state index in [1.807, 2.05) is 0 Å². The van der Waals surface area contributed by atoms with Crippen LogP contribution in [0.4, 0.5) is 19.0 Å². The molecule has 1 aromatic carbocycles. The molecule has 128 valence electrons. The van der Waals surface area contributed by atoms with Crippen molar-refractivity contribution < 1.29 is 27.6 Å². The molecule has 7 nitrogen and oxygen atoms in total. The maximum Gasteiger partial charge on any atom is 0.416 e. The molecule has 2 aromatic rings. The van der Waals surface area contributed by atoms with Gasteiger partial charge in [0.2, 0.25) is 0 Å². The van der Waals surface area contributed by atoms with Crippen LogP contribution in [0.1, 0.15) is 11.1 Å². The molecule has 1 aliphatic rings. The predicted octanol–water partition coefficient (Wildman–Crippen LogP) is 2.79. The fourth-order valence-corrected chi connectivity index (χ4v) is 2.26. The van der Waals surface area contributed by atoms with Crippen molar-refractivity contribution in [2.75, 3.05) is 6.61 Å². The summed E-state index contributed by atoms with van der Waals surface area (Å²) in [6, 6.07) is 4.83. The van der Waals surface area contributed by atoms with Crippen LogP contribution in [0.25, 0.3) is 0 Å². The smallest absolute Gasteiger partial charge is 0.416 e. The van der Waals surface area contributed by atoms with Crippen molar-refractivity contribution in [1.82, 2.24) is 9.55 Å². The van der Waals surface area contributed by atoms with Gasteiger partial charge in [-0.05, 0) is 22.6 Å². The van der Waals surface area contributed by atoms with Gasteiger partial charge in [-0.3, -0.25) is 4.57 Å². The predicted molar refractivity (Wildman–Crippen MR) is 74.4 cm³/mol. The zero-order chi connectivity index (χ0) is 17.3. The second kappa shape index (κ2) is 6.11. The van der Waals surface area contributed by atoms with Gasteiger partial charge in [0.15, 0.2) is 0 Å². The number of rotatable bonds is 4. The molecule has 0 aliphatic carbocycles. The van der Waals surface area contributed by atoms with Crippen molar-refractivity contribution in [3.63, 3.8) is 0 Å². The van der Waals surface area contributed by atoms with E-state index < -0.39 is 16.7 Å². The Labute approximate surface area is 133 Å². The maximum atomic E-state index is 12.5. The average Bonchev–Trinajstić information content (AvgIpc) is 2.96. The number of aromatic nitrogens is 2. The van der Waals surface area contributed by atoms with Gasteiger partial charge in [0.05, 0.1) is 18.7 Å². The minimum absolute atomic E-state index is 0.109. The first-order valence-corrected chi connectivity index (χ1v) is 6.95. The molecule has 0 N–H and O–H groups in total. The van der Waals surface area contributed by atoms with E-state index in [0.717, 1.165) is 12.1 Å². The first-order chi connectivity index (χ1) is 11.3. The molecule has 0 fully saturated rings. The number of halogens is 3. The number of benzene rings is 1. The molecular formula is C14H12F3N3O4.